The summed E-state index contributed by atoms with van der Waals surface area (Å²) in [4.78, 5) is 20.3. The van der Waals surface area contributed by atoms with Gasteiger partial charge in [-0.15, -0.1) is 0 Å². The van der Waals surface area contributed by atoms with Crippen LogP contribution in [-0.2, 0) is 6.54 Å². The number of anilines is 1. The van der Waals surface area contributed by atoms with E-state index in [0.717, 1.165) is 26.7 Å². The van der Waals surface area contributed by atoms with E-state index in [9.17, 15) is 4.79 Å². The molecule has 1 amide bonds. The second kappa shape index (κ2) is 7.43. The van der Waals surface area contributed by atoms with Gasteiger partial charge in [-0.05, 0) is 66.1 Å². The molecule has 30 heavy (non-hydrogen) atoms. The molecule has 0 unspecified atom stereocenters. The summed E-state index contributed by atoms with van der Waals surface area (Å²) in [5.41, 5.74) is 3.98. The second-order valence-corrected chi connectivity index (χ2v) is 8.41. The van der Waals surface area contributed by atoms with E-state index in [2.05, 4.69) is 26.0 Å². The number of aryl methyl sites for hydroxylation is 2. The van der Waals surface area contributed by atoms with Crippen LogP contribution in [0.15, 0.2) is 77.4 Å². The van der Waals surface area contributed by atoms with Gasteiger partial charge in [-0.25, -0.2) is 4.98 Å². The molecule has 148 valence electrons. The van der Waals surface area contributed by atoms with Crippen molar-refractivity contribution in [2.24, 2.45) is 0 Å². The van der Waals surface area contributed by atoms with E-state index in [1.54, 1.807) is 11.2 Å². The zero-order valence-corrected chi connectivity index (χ0v) is 17.6. The van der Waals surface area contributed by atoms with E-state index >= 15 is 0 Å². The molecule has 4 nitrogen and oxygen atoms in total. The molecule has 0 N–H and O–H groups in total. The largest absolute Gasteiger partial charge is 0.467 e. The third-order valence-corrected chi connectivity index (χ3v) is 6.42. The first kappa shape index (κ1) is 18.6. The Balaban J connectivity index is 1.64. The van der Waals surface area contributed by atoms with E-state index in [1.807, 2.05) is 54.6 Å². The lowest BCUT2D eigenvalue weighted by molar-refractivity contribution is 0.0985. The number of aromatic nitrogens is 1. The van der Waals surface area contributed by atoms with Gasteiger partial charge in [0, 0.05) is 5.56 Å². The van der Waals surface area contributed by atoms with Crippen LogP contribution in [0.5, 0.6) is 0 Å². The van der Waals surface area contributed by atoms with Gasteiger partial charge in [-0.2, -0.15) is 0 Å². The number of amides is 1. The molecule has 0 saturated heterocycles. The number of carbonyl (C=O) groups excluding carboxylic acids is 1. The zero-order valence-electron chi connectivity index (χ0n) is 16.8. The van der Waals surface area contributed by atoms with Crippen molar-refractivity contribution >= 4 is 43.4 Å². The molecule has 5 heteroatoms. The highest BCUT2D eigenvalue weighted by atomic mass is 32.1. The Bertz CT molecular complexity index is 1320. The van der Waals surface area contributed by atoms with Crippen molar-refractivity contribution < 1.29 is 9.21 Å². The Hall–Kier alpha value is -3.44. The maximum Gasteiger partial charge on any atom is 0.261 e. The highest BCUT2D eigenvalue weighted by Gasteiger charge is 2.24. The molecule has 2 aromatic heterocycles. The van der Waals surface area contributed by atoms with Crippen LogP contribution in [0.25, 0.3) is 21.0 Å². The maximum absolute atomic E-state index is 13.7. The predicted molar refractivity (Wildman–Crippen MR) is 122 cm³/mol. The number of fused-ring (bicyclic) bond motifs is 2. The average molecular weight is 413 g/mol. The SMILES string of the molecule is Cc1cc2nc(N(Cc3ccco3)C(=O)c3cccc4ccccc34)sc2cc1C. The number of rotatable bonds is 4. The van der Waals surface area contributed by atoms with Crippen LogP contribution in [-0.4, -0.2) is 10.9 Å². The van der Waals surface area contributed by atoms with Crippen LogP contribution in [0.4, 0.5) is 5.13 Å². The number of hydrogen-bond donors (Lipinski definition) is 0. The van der Waals surface area contributed by atoms with Gasteiger partial charge >= 0.3 is 0 Å². The molecule has 2 heterocycles. The number of nitrogens with zero attached hydrogens (tertiary/aromatic N) is 2. The minimum Gasteiger partial charge on any atom is -0.467 e. The first-order valence-electron chi connectivity index (χ1n) is 9.80. The van der Waals surface area contributed by atoms with Crippen molar-refractivity contribution in [1.29, 1.82) is 0 Å². The van der Waals surface area contributed by atoms with Gasteiger partial charge in [-0.3, -0.25) is 9.69 Å². The van der Waals surface area contributed by atoms with Crippen LogP contribution in [0.3, 0.4) is 0 Å². The van der Waals surface area contributed by atoms with Crippen LogP contribution in [0.1, 0.15) is 27.2 Å². The molecule has 3 aromatic carbocycles. The van der Waals surface area contributed by atoms with E-state index in [-0.39, 0.29) is 5.91 Å². The second-order valence-electron chi connectivity index (χ2n) is 7.40. The predicted octanol–water partition coefficient (Wildman–Crippen LogP) is 6.51. The van der Waals surface area contributed by atoms with E-state index in [0.29, 0.717) is 17.2 Å². The maximum atomic E-state index is 13.7. The monoisotopic (exact) mass is 412 g/mol. The Morgan fingerprint density at radius 1 is 1.00 bits per heavy atom. The third kappa shape index (κ3) is 3.27. The number of thiazole rings is 1. The molecule has 5 aromatic rings. The Morgan fingerprint density at radius 3 is 2.63 bits per heavy atom. The number of carbonyl (C=O) groups is 1. The highest BCUT2D eigenvalue weighted by Crippen LogP contribution is 2.33. The molecule has 0 atom stereocenters. The molecule has 5 rings (SSSR count). The van der Waals surface area contributed by atoms with Crippen LogP contribution < -0.4 is 4.90 Å². The fraction of sp³-hybridized carbons (Fsp3) is 0.120. The van der Waals surface area contributed by atoms with Crippen molar-refractivity contribution in [3.63, 3.8) is 0 Å². The molecule has 0 radical (unpaired) electrons. The quantitative estimate of drug-likeness (QED) is 0.338. The topological polar surface area (TPSA) is 46.3 Å². The van der Waals surface area contributed by atoms with Crippen molar-refractivity contribution in [3.05, 3.63) is 95.4 Å². The standard InChI is InChI=1S/C25H20N2O2S/c1-16-13-22-23(14-17(16)2)30-25(26-22)27(15-19-9-6-12-29-19)24(28)21-11-5-8-18-7-3-4-10-20(18)21/h3-14H,15H2,1-2H3. The lowest BCUT2D eigenvalue weighted by Crippen LogP contribution is -2.30. The van der Waals surface area contributed by atoms with Gasteiger partial charge in [0.15, 0.2) is 5.13 Å². The minimum absolute atomic E-state index is 0.0873. The van der Waals surface area contributed by atoms with E-state index in [1.165, 1.54) is 22.5 Å². The summed E-state index contributed by atoms with van der Waals surface area (Å²) in [6, 6.07) is 21.7. The first-order valence-corrected chi connectivity index (χ1v) is 10.6. The fourth-order valence-electron chi connectivity index (χ4n) is 3.63. The smallest absolute Gasteiger partial charge is 0.261 e. The molecule has 0 bridgehead atoms. The fourth-order valence-corrected chi connectivity index (χ4v) is 4.67. The Labute approximate surface area is 178 Å². The first-order chi connectivity index (χ1) is 14.6. The molecule has 0 aliphatic carbocycles. The van der Waals surface area contributed by atoms with Crippen LogP contribution >= 0.6 is 11.3 Å². The summed E-state index contributed by atoms with van der Waals surface area (Å²) in [7, 11) is 0. The molecular formula is C25H20N2O2S. The zero-order chi connectivity index (χ0) is 20.7. The lowest BCUT2D eigenvalue weighted by Gasteiger charge is -2.19. The minimum atomic E-state index is -0.0873. The van der Waals surface area contributed by atoms with Gasteiger partial charge in [0.2, 0.25) is 0 Å². The van der Waals surface area contributed by atoms with Gasteiger partial charge in [0.25, 0.3) is 5.91 Å². The van der Waals surface area contributed by atoms with Crippen LogP contribution in [0.2, 0.25) is 0 Å². The number of benzene rings is 3. The van der Waals surface area contributed by atoms with Crippen molar-refractivity contribution in [1.82, 2.24) is 4.98 Å². The molecule has 0 aliphatic heterocycles. The molecule has 0 fully saturated rings. The normalized spacial score (nSPS) is 11.3. The molecular weight excluding hydrogens is 392 g/mol. The van der Waals surface area contributed by atoms with E-state index in [4.69, 9.17) is 9.40 Å². The van der Waals surface area contributed by atoms with Gasteiger partial charge < -0.3 is 4.42 Å². The summed E-state index contributed by atoms with van der Waals surface area (Å²) in [6.45, 7) is 4.50. The van der Waals surface area contributed by atoms with Crippen LogP contribution in [0, 0.1) is 13.8 Å². The molecule has 0 aliphatic rings. The van der Waals surface area contributed by atoms with Crippen molar-refractivity contribution in [3.8, 4) is 0 Å². The number of hydrogen-bond acceptors (Lipinski definition) is 4. The van der Waals surface area contributed by atoms with Crippen molar-refractivity contribution in [2.45, 2.75) is 20.4 Å². The summed E-state index contributed by atoms with van der Waals surface area (Å²) >= 11 is 1.53. The molecule has 0 saturated carbocycles. The Morgan fingerprint density at radius 2 is 1.80 bits per heavy atom. The lowest BCUT2D eigenvalue weighted by atomic mass is 10.0. The van der Waals surface area contributed by atoms with Gasteiger partial charge in [0.1, 0.15) is 5.76 Å². The summed E-state index contributed by atoms with van der Waals surface area (Å²) in [6.07, 6.45) is 1.63. The Kier molecular flexibility index (Phi) is 4.60. The number of furan rings is 1. The molecule has 0 spiro atoms. The summed E-state index contributed by atoms with van der Waals surface area (Å²) in [5, 5.41) is 2.64. The van der Waals surface area contributed by atoms with Crippen molar-refractivity contribution in [2.75, 3.05) is 4.90 Å². The van der Waals surface area contributed by atoms with Gasteiger partial charge in [0.05, 0.1) is 23.0 Å². The third-order valence-electron chi connectivity index (χ3n) is 5.38. The van der Waals surface area contributed by atoms with Gasteiger partial charge in [-0.1, -0.05) is 47.7 Å². The summed E-state index contributed by atoms with van der Waals surface area (Å²) < 4.78 is 6.63. The average Bonchev–Trinajstić information content (AvgIpc) is 3.41. The van der Waals surface area contributed by atoms with E-state index < -0.39 is 0 Å². The highest BCUT2D eigenvalue weighted by molar-refractivity contribution is 7.22. The summed E-state index contributed by atoms with van der Waals surface area (Å²) in [5.74, 6) is 0.630.